The van der Waals surface area contributed by atoms with Gasteiger partial charge in [0.15, 0.2) is 0 Å². The van der Waals surface area contributed by atoms with Crippen LogP contribution in [0.4, 0.5) is 0 Å². The van der Waals surface area contributed by atoms with Crippen LogP contribution in [-0.2, 0) is 4.79 Å². The van der Waals surface area contributed by atoms with Crippen molar-refractivity contribution in [2.75, 3.05) is 0 Å². The van der Waals surface area contributed by atoms with E-state index in [1.807, 2.05) is 6.07 Å². The van der Waals surface area contributed by atoms with Gasteiger partial charge < -0.3 is 10.8 Å². The Morgan fingerprint density at radius 1 is 1.82 bits per heavy atom. The number of hydrogen-bond acceptors (Lipinski definition) is 3. The lowest BCUT2D eigenvalue weighted by Gasteiger charge is -2.13. The Morgan fingerprint density at radius 3 is 2.73 bits per heavy atom. The van der Waals surface area contributed by atoms with Gasteiger partial charge in [0, 0.05) is 6.42 Å². The molecule has 0 amide bonds. The average molecular weight is 156 g/mol. The summed E-state index contributed by atoms with van der Waals surface area (Å²) in [7, 11) is 0. The SMILES string of the molecule is CC(CCC#N)C(N)C(=O)O. The van der Waals surface area contributed by atoms with Crippen molar-refractivity contribution in [3.8, 4) is 6.07 Å². The monoisotopic (exact) mass is 156 g/mol. The lowest BCUT2D eigenvalue weighted by atomic mass is 9.98. The van der Waals surface area contributed by atoms with Crippen LogP contribution in [0.5, 0.6) is 0 Å². The number of nitrogens with zero attached hydrogens (tertiary/aromatic N) is 1. The fourth-order valence-corrected chi connectivity index (χ4v) is 0.715. The second-order valence-electron chi connectivity index (χ2n) is 2.54. The fraction of sp³-hybridized carbons (Fsp3) is 0.714. The summed E-state index contributed by atoms with van der Waals surface area (Å²) in [6.07, 6.45) is 0.909. The van der Waals surface area contributed by atoms with Crippen molar-refractivity contribution in [2.45, 2.75) is 25.8 Å². The van der Waals surface area contributed by atoms with Gasteiger partial charge in [-0.05, 0) is 12.3 Å². The van der Waals surface area contributed by atoms with Crippen LogP contribution in [0, 0.1) is 17.2 Å². The van der Waals surface area contributed by atoms with Crippen molar-refractivity contribution in [1.82, 2.24) is 0 Å². The van der Waals surface area contributed by atoms with Crippen LogP contribution in [-0.4, -0.2) is 17.1 Å². The summed E-state index contributed by atoms with van der Waals surface area (Å²) in [4.78, 5) is 10.3. The Hall–Kier alpha value is -1.08. The van der Waals surface area contributed by atoms with E-state index < -0.39 is 12.0 Å². The topological polar surface area (TPSA) is 87.1 Å². The van der Waals surface area contributed by atoms with E-state index in [-0.39, 0.29) is 5.92 Å². The molecule has 0 spiro atoms. The molecule has 0 saturated heterocycles. The lowest BCUT2D eigenvalue weighted by molar-refractivity contribution is -0.139. The summed E-state index contributed by atoms with van der Waals surface area (Å²) in [6, 6.07) is 1.10. The largest absolute Gasteiger partial charge is 0.480 e. The zero-order chi connectivity index (χ0) is 8.85. The predicted octanol–water partition coefficient (Wildman–Crippen LogP) is 0.338. The van der Waals surface area contributed by atoms with Gasteiger partial charge in [-0.2, -0.15) is 5.26 Å². The molecular weight excluding hydrogens is 144 g/mol. The molecule has 0 heterocycles. The van der Waals surface area contributed by atoms with Gasteiger partial charge in [-0.3, -0.25) is 4.79 Å². The highest BCUT2D eigenvalue weighted by Crippen LogP contribution is 2.08. The Labute approximate surface area is 65.6 Å². The van der Waals surface area contributed by atoms with E-state index in [0.29, 0.717) is 12.8 Å². The molecule has 0 fully saturated rings. The number of nitriles is 1. The van der Waals surface area contributed by atoms with Gasteiger partial charge in [-0.1, -0.05) is 6.92 Å². The maximum atomic E-state index is 10.3. The first-order valence-electron chi connectivity index (χ1n) is 3.45. The summed E-state index contributed by atoms with van der Waals surface area (Å²) in [6.45, 7) is 1.73. The third kappa shape index (κ3) is 3.58. The first-order valence-corrected chi connectivity index (χ1v) is 3.45. The molecule has 0 rings (SSSR count). The van der Waals surface area contributed by atoms with Crippen molar-refractivity contribution in [3.05, 3.63) is 0 Å². The van der Waals surface area contributed by atoms with Crippen molar-refractivity contribution in [2.24, 2.45) is 11.7 Å². The molecule has 0 aliphatic heterocycles. The Kier molecular flexibility index (Phi) is 4.23. The number of carboxylic acids is 1. The lowest BCUT2D eigenvalue weighted by Crippen LogP contribution is -2.36. The first-order chi connectivity index (χ1) is 5.09. The van der Waals surface area contributed by atoms with E-state index in [1.54, 1.807) is 6.92 Å². The van der Waals surface area contributed by atoms with Gasteiger partial charge in [0.25, 0.3) is 0 Å². The summed E-state index contributed by atoms with van der Waals surface area (Å²) in [5.74, 6) is -1.14. The Balaban J connectivity index is 3.75. The number of carbonyl (C=O) groups is 1. The van der Waals surface area contributed by atoms with E-state index in [2.05, 4.69) is 0 Å². The second-order valence-corrected chi connectivity index (χ2v) is 2.54. The third-order valence-electron chi connectivity index (χ3n) is 1.61. The number of nitrogens with two attached hydrogens (primary N) is 1. The van der Waals surface area contributed by atoms with Gasteiger partial charge in [0.2, 0.25) is 0 Å². The quantitative estimate of drug-likeness (QED) is 0.614. The fourth-order valence-electron chi connectivity index (χ4n) is 0.715. The number of carboxylic acid groups (broad SMARTS) is 1. The van der Waals surface area contributed by atoms with Gasteiger partial charge in [0.1, 0.15) is 6.04 Å². The van der Waals surface area contributed by atoms with E-state index in [1.165, 1.54) is 0 Å². The minimum absolute atomic E-state index is 0.132. The van der Waals surface area contributed by atoms with E-state index in [4.69, 9.17) is 16.1 Å². The van der Waals surface area contributed by atoms with Gasteiger partial charge in [0.05, 0.1) is 6.07 Å². The standard InChI is InChI=1S/C7H12N2O2/c1-5(3-2-4-8)6(9)7(10)11/h5-6H,2-3,9H2,1H3,(H,10,11). The zero-order valence-corrected chi connectivity index (χ0v) is 6.45. The van der Waals surface area contributed by atoms with Crippen LogP contribution in [0.2, 0.25) is 0 Å². The molecule has 4 nitrogen and oxygen atoms in total. The molecule has 11 heavy (non-hydrogen) atoms. The minimum Gasteiger partial charge on any atom is -0.480 e. The van der Waals surface area contributed by atoms with Crippen LogP contribution in [0.3, 0.4) is 0 Å². The van der Waals surface area contributed by atoms with Crippen molar-refractivity contribution in [1.29, 1.82) is 5.26 Å². The number of hydrogen-bond donors (Lipinski definition) is 2. The van der Waals surface area contributed by atoms with Crippen LogP contribution in [0.25, 0.3) is 0 Å². The highest BCUT2D eigenvalue weighted by atomic mass is 16.4. The average Bonchev–Trinajstić information content (AvgIpc) is 1.98. The van der Waals surface area contributed by atoms with E-state index in [0.717, 1.165) is 0 Å². The van der Waals surface area contributed by atoms with Gasteiger partial charge in [-0.25, -0.2) is 0 Å². The summed E-state index contributed by atoms with van der Waals surface area (Å²) in [5.41, 5.74) is 5.29. The van der Waals surface area contributed by atoms with Crippen LogP contribution in [0.15, 0.2) is 0 Å². The van der Waals surface area contributed by atoms with Crippen molar-refractivity contribution in [3.63, 3.8) is 0 Å². The van der Waals surface area contributed by atoms with Gasteiger partial charge >= 0.3 is 5.97 Å². The highest BCUT2D eigenvalue weighted by molar-refractivity contribution is 5.73. The van der Waals surface area contributed by atoms with Crippen molar-refractivity contribution < 1.29 is 9.90 Å². The van der Waals surface area contributed by atoms with Crippen LogP contribution >= 0.6 is 0 Å². The van der Waals surface area contributed by atoms with E-state index >= 15 is 0 Å². The van der Waals surface area contributed by atoms with E-state index in [9.17, 15) is 4.79 Å². The molecule has 0 aromatic carbocycles. The highest BCUT2D eigenvalue weighted by Gasteiger charge is 2.18. The zero-order valence-electron chi connectivity index (χ0n) is 6.45. The maximum Gasteiger partial charge on any atom is 0.320 e. The first kappa shape index (κ1) is 9.92. The second kappa shape index (κ2) is 4.69. The number of rotatable bonds is 4. The predicted molar refractivity (Wildman–Crippen MR) is 39.6 cm³/mol. The molecular formula is C7H12N2O2. The maximum absolute atomic E-state index is 10.3. The molecule has 0 aromatic heterocycles. The summed E-state index contributed by atoms with van der Waals surface area (Å²) < 4.78 is 0. The molecule has 0 aliphatic rings. The molecule has 4 heteroatoms. The normalized spacial score (nSPS) is 15.0. The molecule has 3 N–H and O–H groups in total. The smallest absolute Gasteiger partial charge is 0.320 e. The number of aliphatic carboxylic acids is 1. The van der Waals surface area contributed by atoms with Gasteiger partial charge in [-0.15, -0.1) is 0 Å². The van der Waals surface area contributed by atoms with Crippen LogP contribution in [0.1, 0.15) is 19.8 Å². The molecule has 62 valence electrons. The molecule has 0 bridgehead atoms. The molecule has 0 radical (unpaired) electrons. The summed E-state index contributed by atoms with van der Waals surface area (Å²) >= 11 is 0. The molecule has 2 atom stereocenters. The molecule has 2 unspecified atom stereocenters. The Morgan fingerprint density at radius 2 is 2.36 bits per heavy atom. The molecule has 0 aliphatic carbocycles. The molecule has 0 saturated carbocycles. The summed E-state index contributed by atoms with van der Waals surface area (Å²) in [5, 5.41) is 16.6. The third-order valence-corrected chi connectivity index (χ3v) is 1.61. The van der Waals surface area contributed by atoms with Crippen LogP contribution < -0.4 is 5.73 Å². The Bertz CT molecular complexity index is 174. The van der Waals surface area contributed by atoms with Crippen molar-refractivity contribution >= 4 is 5.97 Å². The minimum atomic E-state index is -1.00. The molecule has 0 aromatic rings.